The molecular weight excluding hydrogens is 654 g/mol. The molecule has 0 radical (unpaired) electrons. The summed E-state index contributed by atoms with van der Waals surface area (Å²) in [4.78, 5) is 63.9. The second kappa shape index (κ2) is 16.2. The number of likely N-dealkylation sites (tertiary alicyclic amines) is 2. The van der Waals surface area contributed by atoms with E-state index in [9.17, 15) is 19.2 Å². The van der Waals surface area contributed by atoms with Gasteiger partial charge in [-0.15, -0.1) is 0 Å². The Morgan fingerprint density at radius 2 is 1.52 bits per heavy atom. The van der Waals surface area contributed by atoms with Crippen molar-refractivity contribution >= 4 is 23.6 Å². The number of nitrogens with zero attached hydrogens (tertiary/aromatic N) is 3. The number of imidazole rings is 1. The number of nitrogens with one attached hydrogen (secondary N) is 4. The number of rotatable bonds is 13. The largest absolute Gasteiger partial charge is 0.344 e. The number of aromatic amines is 1. The maximum atomic E-state index is 13.8. The summed E-state index contributed by atoms with van der Waals surface area (Å²) in [5, 5.41) is 9.54. The van der Waals surface area contributed by atoms with Crippen LogP contribution in [0.25, 0.3) is 0 Å². The van der Waals surface area contributed by atoms with Crippen molar-refractivity contribution in [3.05, 3.63) is 89.0 Å². The highest BCUT2D eigenvalue weighted by atomic mass is 16.2. The van der Waals surface area contributed by atoms with Gasteiger partial charge in [0.15, 0.2) is 0 Å². The summed E-state index contributed by atoms with van der Waals surface area (Å²) in [6.07, 6.45) is 9.44. The van der Waals surface area contributed by atoms with Crippen molar-refractivity contribution in [1.29, 1.82) is 0 Å². The molecular formula is C41H49N7O4. The van der Waals surface area contributed by atoms with Crippen LogP contribution in [0.2, 0.25) is 0 Å². The minimum atomic E-state index is -0.663. The third-order valence-corrected chi connectivity index (χ3v) is 10.7. The zero-order valence-corrected chi connectivity index (χ0v) is 29.9. The fourth-order valence-corrected chi connectivity index (χ4v) is 7.33. The number of benzene rings is 2. The summed E-state index contributed by atoms with van der Waals surface area (Å²) in [6.45, 7) is 4.60. The summed E-state index contributed by atoms with van der Waals surface area (Å²) in [7, 11) is 0. The third-order valence-electron chi connectivity index (χ3n) is 10.7. The third kappa shape index (κ3) is 8.56. The molecule has 3 aromatic rings. The zero-order chi connectivity index (χ0) is 36.0. The van der Waals surface area contributed by atoms with Crippen LogP contribution in [0.3, 0.4) is 0 Å². The predicted molar refractivity (Wildman–Crippen MR) is 196 cm³/mol. The molecule has 2 aromatic carbocycles. The van der Waals surface area contributed by atoms with Crippen molar-refractivity contribution in [2.45, 2.75) is 95.4 Å². The summed E-state index contributed by atoms with van der Waals surface area (Å²) in [5.41, 5.74) is 3.50. The molecule has 2 aliphatic heterocycles. The zero-order valence-electron chi connectivity index (χ0n) is 29.9. The van der Waals surface area contributed by atoms with Gasteiger partial charge in [-0.2, -0.15) is 0 Å². The molecule has 0 bridgehead atoms. The van der Waals surface area contributed by atoms with Gasteiger partial charge in [0.2, 0.25) is 23.6 Å². The van der Waals surface area contributed by atoms with E-state index in [0.29, 0.717) is 38.3 Å². The van der Waals surface area contributed by atoms with E-state index in [0.717, 1.165) is 73.9 Å². The topological polar surface area (TPSA) is 140 Å². The fraction of sp³-hybridized carbons (Fsp3) is 0.488. The molecule has 4 amide bonds. The Kier molecular flexibility index (Phi) is 11.0. The second-order valence-corrected chi connectivity index (χ2v) is 14.6. The van der Waals surface area contributed by atoms with E-state index in [1.807, 2.05) is 59.2 Å². The molecule has 1 aromatic heterocycles. The molecule has 7 rings (SSSR count). The van der Waals surface area contributed by atoms with Crippen LogP contribution in [0.1, 0.15) is 105 Å². The Hall–Kier alpha value is -4.95. The number of hydrogen-bond donors (Lipinski definition) is 4. The lowest BCUT2D eigenvalue weighted by Gasteiger charge is -2.30. The van der Waals surface area contributed by atoms with E-state index in [4.69, 9.17) is 0 Å². The van der Waals surface area contributed by atoms with Gasteiger partial charge in [0.05, 0.1) is 12.2 Å². The van der Waals surface area contributed by atoms with Crippen LogP contribution in [0, 0.1) is 23.7 Å². The number of carbonyl (C=O) groups is 4. The summed E-state index contributed by atoms with van der Waals surface area (Å²) >= 11 is 0. The molecule has 4 fully saturated rings. The Labute approximate surface area is 305 Å². The van der Waals surface area contributed by atoms with Crippen LogP contribution >= 0.6 is 0 Å². The van der Waals surface area contributed by atoms with Crippen LogP contribution in [-0.2, 0) is 25.7 Å². The van der Waals surface area contributed by atoms with Gasteiger partial charge >= 0.3 is 0 Å². The first-order chi connectivity index (χ1) is 25.4. The van der Waals surface area contributed by atoms with Crippen LogP contribution in [0.15, 0.2) is 60.8 Å². The van der Waals surface area contributed by atoms with E-state index in [2.05, 4.69) is 49.9 Å². The maximum Gasteiger partial charge on any atom is 0.250 e. The molecule has 2 saturated carbocycles. The van der Waals surface area contributed by atoms with Crippen molar-refractivity contribution in [3.63, 3.8) is 0 Å². The SMILES string of the molecule is CCC(NC(=O)C1CC1)C(=O)N1CCCC1c1ncc(C#Cc2ccc(CNCC3CCCN3C(=O)C(NC(=O)C3CC3)c3ccccc3)cc2)[nH]1. The van der Waals surface area contributed by atoms with Gasteiger partial charge < -0.3 is 30.7 Å². The van der Waals surface area contributed by atoms with E-state index in [-0.39, 0.29) is 47.5 Å². The summed E-state index contributed by atoms with van der Waals surface area (Å²) < 4.78 is 0. The summed E-state index contributed by atoms with van der Waals surface area (Å²) in [5.74, 6) is 7.09. The van der Waals surface area contributed by atoms with Crippen molar-refractivity contribution in [3.8, 4) is 11.8 Å². The molecule has 2 saturated heterocycles. The molecule has 4 atom stereocenters. The van der Waals surface area contributed by atoms with Crippen molar-refractivity contribution < 1.29 is 19.2 Å². The quantitative estimate of drug-likeness (QED) is 0.198. The molecule has 11 heteroatoms. The van der Waals surface area contributed by atoms with Gasteiger partial charge in [-0.25, -0.2) is 4.98 Å². The first-order valence-electron chi connectivity index (χ1n) is 19.0. The minimum absolute atomic E-state index is 0.00961. The van der Waals surface area contributed by atoms with Gasteiger partial charge in [-0.1, -0.05) is 55.3 Å². The normalized spacial score (nSPS) is 20.9. The molecule has 11 nitrogen and oxygen atoms in total. The Balaban J connectivity index is 0.906. The molecule has 4 aliphatic rings. The molecule has 3 heterocycles. The van der Waals surface area contributed by atoms with Crippen molar-refractivity contribution in [1.82, 2.24) is 35.7 Å². The molecule has 52 heavy (non-hydrogen) atoms. The fourth-order valence-electron chi connectivity index (χ4n) is 7.33. The second-order valence-electron chi connectivity index (χ2n) is 14.6. The highest BCUT2D eigenvalue weighted by Gasteiger charge is 2.39. The highest BCUT2D eigenvalue weighted by Crippen LogP contribution is 2.33. The van der Waals surface area contributed by atoms with Gasteiger partial charge in [0.25, 0.3) is 0 Å². The number of hydrogen-bond acceptors (Lipinski definition) is 6. The van der Waals surface area contributed by atoms with Crippen molar-refractivity contribution in [2.75, 3.05) is 19.6 Å². The highest BCUT2D eigenvalue weighted by molar-refractivity contribution is 5.91. The molecule has 4 unspecified atom stereocenters. The van der Waals surface area contributed by atoms with Crippen LogP contribution in [-0.4, -0.2) is 75.1 Å². The van der Waals surface area contributed by atoms with Crippen LogP contribution in [0.5, 0.6) is 0 Å². The maximum absolute atomic E-state index is 13.8. The first kappa shape index (κ1) is 35.5. The Morgan fingerprint density at radius 3 is 2.23 bits per heavy atom. The molecule has 4 N–H and O–H groups in total. The van der Waals surface area contributed by atoms with Gasteiger partial charge in [0.1, 0.15) is 23.6 Å². The average molecular weight is 704 g/mol. The Bertz CT molecular complexity index is 1810. The smallest absolute Gasteiger partial charge is 0.250 e. The number of H-pyrrole nitrogens is 1. The monoisotopic (exact) mass is 703 g/mol. The van der Waals surface area contributed by atoms with E-state index in [1.54, 1.807) is 6.20 Å². The Morgan fingerprint density at radius 1 is 0.827 bits per heavy atom. The van der Waals surface area contributed by atoms with Gasteiger partial charge in [0, 0.05) is 49.6 Å². The molecule has 0 spiro atoms. The van der Waals surface area contributed by atoms with Gasteiger partial charge in [-0.05, 0) is 87.0 Å². The standard InChI is InChI=1S/C41H49N7O4/c1-2-34(45-38(49)30-17-18-30)40(51)48-23-7-11-35(48)37-43-25-32(44-37)21-16-27-12-14-28(15-13-27)24-42-26-33-10-6-22-47(33)41(52)36(29-8-4-3-5-9-29)46-39(50)31-19-20-31/h3-5,8-9,12-15,25,30-31,33-36,42H,2,6-7,10-11,17-20,22-24,26H2,1H3,(H,43,44)(H,45,49)(H,46,50). The number of aromatic nitrogens is 2. The van der Waals surface area contributed by atoms with E-state index < -0.39 is 12.1 Å². The lowest BCUT2D eigenvalue weighted by Crippen LogP contribution is -2.48. The minimum Gasteiger partial charge on any atom is -0.344 e. The van der Waals surface area contributed by atoms with E-state index >= 15 is 0 Å². The van der Waals surface area contributed by atoms with Crippen LogP contribution < -0.4 is 16.0 Å². The van der Waals surface area contributed by atoms with E-state index in [1.165, 1.54) is 0 Å². The van der Waals surface area contributed by atoms with Crippen molar-refractivity contribution in [2.24, 2.45) is 11.8 Å². The lowest BCUT2D eigenvalue weighted by molar-refractivity contribution is -0.137. The molecule has 2 aliphatic carbocycles. The van der Waals surface area contributed by atoms with Gasteiger partial charge in [-0.3, -0.25) is 19.2 Å². The summed E-state index contributed by atoms with van der Waals surface area (Å²) in [6, 6.07) is 16.4. The average Bonchev–Trinajstić information content (AvgIpc) is 4.06. The number of amides is 4. The lowest BCUT2D eigenvalue weighted by atomic mass is 10.0. The number of carbonyl (C=O) groups excluding carboxylic acids is 4. The molecule has 272 valence electrons. The predicted octanol–water partition coefficient (Wildman–Crippen LogP) is 4.13. The van der Waals surface area contributed by atoms with Crippen LogP contribution in [0.4, 0.5) is 0 Å². The first-order valence-corrected chi connectivity index (χ1v) is 19.0.